The molecule has 0 saturated heterocycles. The molecule has 1 amide bonds. The van der Waals surface area contributed by atoms with Gasteiger partial charge in [-0.05, 0) is 112 Å². The van der Waals surface area contributed by atoms with Crippen molar-refractivity contribution in [2.45, 2.75) is 104 Å². The SMILES string of the molecule is C/C(=C/NO)NC(=O)CCCC1CCC2C3CCC4CCCCC4(C)C3CCC12C. The minimum atomic E-state index is 0.0611. The molecule has 4 heteroatoms. The fraction of sp³-hybridized carbons (Fsp3) is 0.885. The summed E-state index contributed by atoms with van der Waals surface area (Å²) in [5.74, 6) is 4.74. The van der Waals surface area contributed by atoms with Gasteiger partial charge in [0.25, 0.3) is 0 Å². The van der Waals surface area contributed by atoms with Crippen molar-refractivity contribution in [2.75, 3.05) is 0 Å². The van der Waals surface area contributed by atoms with Crippen LogP contribution in [0.3, 0.4) is 0 Å². The number of hydrogen-bond acceptors (Lipinski definition) is 3. The lowest BCUT2D eigenvalue weighted by Crippen LogP contribution is -2.52. The van der Waals surface area contributed by atoms with Crippen LogP contribution < -0.4 is 10.8 Å². The van der Waals surface area contributed by atoms with E-state index in [1.807, 2.05) is 5.48 Å². The first-order chi connectivity index (χ1) is 14.4. The maximum absolute atomic E-state index is 12.2. The average Bonchev–Trinajstić information content (AvgIpc) is 3.04. The summed E-state index contributed by atoms with van der Waals surface area (Å²) in [6.07, 6.45) is 18.7. The van der Waals surface area contributed by atoms with Crippen LogP contribution in [0.15, 0.2) is 11.9 Å². The van der Waals surface area contributed by atoms with Gasteiger partial charge in [0, 0.05) is 18.3 Å². The third kappa shape index (κ3) is 3.94. The van der Waals surface area contributed by atoms with E-state index in [0.717, 1.165) is 36.0 Å². The van der Waals surface area contributed by atoms with Crippen molar-refractivity contribution in [3.05, 3.63) is 11.9 Å². The van der Waals surface area contributed by atoms with Crippen LogP contribution in [0, 0.1) is 40.4 Å². The van der Waals surface area contributed by atoms with Gasteiger partial charge in [0.2, 0.25) is 5.91 Å². The molecule has 0 aromatic rings. The second-order valence-corrected chi connectivity index (χ2v) is 11.6. The average molecular weight is 417 g/mol. The van der Waals surface area contributed by atoms with E-state index in [-0.39, 0.29) is 5.91 Å². The van der Waals surface area contributed by atoms with Gasteiger partial charge in [-0.2, -0.15) is 0 Å². The maximum atomic E-state index is 12.2. The van der Waals surface area contributed by atoms with E-state index >= 15 is 0 Å². The third-order valence-corrected chi connectivity index (χ3v) is 10.4. The standard InChI is InChI=1S/C26H44N2O2/c1-18(17-27-30)28-24(29)9-6-8-20-11-13-22-21-12-10-19-7-4-5-15-25(19,2)23(21)14-16-26(20,22)3/h17,19-23,27,30H,4-16H2,1-3H3,(H,28,29)/b18-17-. The summed E-state index contributed by atoms with van der Waals surface area (Å²) < 4.78 is 0. The Morgan fingerprint density at radius 3 is 2.60 bits per heavy atom. The van der Waals surface area contributed by atoms with Crippen LogP contribution in [0.2, 0.25) is 0 Å². The molecular formula is C26H44N2O2. The summed E-state index contributed by atoms with van der Waals surface area (Å²) in [6.45, 7) is 7.06. The van der Waals surface area contributed by atoms with E-state index in [0.29, 0.717) is 22.9 Å². The fourth-order valence-corrected chi connectivity index (χ4v) is 8.80. The van der Waals surface area contributed by atoms with Gasteiger partial charge in [-0.1, -0.05) is 26.7 Å². The van der Waals surface area contributed by atoms with Gasteiger partial charge in [-0.25, -0.2) is 0 Å². The van der Waals surface area contributed by atoms with E-state index < -0.39 is 0 Å². The zero-order chi connectivity index (χ0) is 21.4. The number of carbonyl (C=O) groups excluding carboxylic acids is 1. The normalized spacial score (nSPS) is 43.3. The number of allylic oxidation sites excluding steroid dienone is 1. The van der Waals surface area contributed by atoms with Gasteiger partial charge in [0.15, 0.2) is 0 Å². The Morgan fingerprint density at radius 2 is 1.80 bits per heavy atom. The molecule has 4 aliphatic rings. The van der Waals surface area contributed by atoms with Crippen LogP contribution in [-0.2, 0) is 4.79 Å². The molecule has 4 fully saturated rings. The molecule has 4 saturated carbocycles. The Balaban J connectivity index is 1.35. The second-order valence-electron chi connectivity index (χ2n) is 11.6. The Labute approximate surface area is 183 Å². The Kier molecular flexibility index (Phi) is 6.53. The summed E-state index contributed by atoms with van der Waals surface area (Å²) in [6, 6.07) is 0. The molecule has 0 aromatic carbocycles. The lowest BCUT2D eigenvalue weighted by molar-refractivity contribution is -0.121. The minimum Gasteiger partial charge on any atom is -0.329 e. The topological polar surface area (TPSA) is 61.4 Å². The molecule has 0 radical (unpaired) electrons. The summed E-state index contributed by atoms with van der Waals surface area (Å²) in [7, 11) is 0. The molecule has 4 rings (SSSR count). The largest absolute Gasteiger partial charge is 0.329 e. The monoisotopic (exact) mass is 416 g/mol. The predicted molar refractivity (Wildman–Crippen MR) is 121 cm³/mol. The molecule has 0 aromatic heterocycles. The van der Waals surface area contributed by atoms with Gasteiger partial charge in [-0.15, -0.1) is 0 Å². The summed E-state index contributed by atoms with van der Waals surface area (Å²) in [5.41, 5.74) is 3.77. The first-order valence-corrected chi connectivity index (χ1v) is 12.7. The molecule has 170 valence electrons. The van der Waals surface area contributed by atoms with E-state index in [1.165, 1.54) is 76.8 Å². The van der Waals surface area contributed by atoms with Crippen molar-refractivity contribution >= 4 is 5.91 Å². The zero-order valence-electron chi connectivity index (χ0n) is 19.5. The highest BCUT2D eigenvalue weighted by Gasteiger charge is 2.59. The maximum Gasteiger partial charge on any atom is 0.224 e. The van der Waals surface area contributed by atoms with Crippen molar-refractivity contribution in [3.63, 3.8) is 0 Å². The molecule has 0 aliphatic heterocycles. The first kappa shape index (κ1) is 22.2. The van der Waals surface area contributed by atoms with Crippen molar-refractivity contribution in [1.29, 1.82) is 0 Å². The van der Waals surface area contributed by atoms with Gasteiger partial charge in [0.05, 0.1) is 0 Å². The van der Waals surface area contributed by atoms with E-state index in [4.69, 9.17) is 5.21 Å². The molecule has 0 heterocycles. The third-order valence-electron chi connectivity index (χ3n) is 10.4. The summed E-state index contributed by atoms with van der Waals surface area (Å²) in [4.78, 5) is 12.2. The molecule has 4 aliphatic carbocycles. The Hall–Kier alpha value is -1.03. The molecule has 0 bridgehead atoms. The van der Waals surface area contributed by atoms with Gasteiger partial charge in [0.1, 0.15) is 0 Å². The van der Waals surface area contributed by atoms with Crippen molar-refractivity contribution in [2.24, 2.45) is 40.4 Å². The van der Waals surface area contributed by atoms with Crippen LogP contribution in [0.1, 0.15) is 104 Å². The number of fused-ring (bicyclic) bond motifs is 5. The lowest BCUT2D eigenvalue weighted by atomic mass is 9.45. The van der Waals surface area contributed by atoms with Crippen LogP contribution in [0.5, 0.6) is 0 Å². The van der Waals surface area contributed by atoms with Gasteiger partial charge in [-0.3, -0.25) is 15.5 Å². The lowest BCUT2D eigenvalue weighted by Gasteiger charge is -2.60. The highest BCUT2D eigenvalue weighted by Crippen LogP contribution is 2.67. The van der Waals surface area contributed by atoms with Crippen LogP contribution in [0.25, 0.3) is 0 Å². The molecule has 7 atom stereocenters. The molecule has 3 N–H and O–H groups in total. The van der Waals surface area contributed by atoms with Crippen molar-refractivity contribution < 1.29 is 10.0 Å². The smallest absolute Gasteiger partial charge is 0.224 e. The van der Waals surface area contributed by atoms with Gasteiger partial charge >= 0.3 is 0 Å². The molecule has 7 unspecified atom stereocenters. The van der Waals surface area contributed by atoms with Crippen LogP contribution >= 0.6 is 0 Å². The number of hydroxylamine groups is 1. The van der Waals surface area contributed by atoms with E-state index in [1.54, 1.807) is 6.92 Å². The Bertz CT molecular complexity index is 661. The number of nitrogens with one attached hydrogen (secondary N) is 2. The molecule has 0 spiro atoms. The summed E-state index contributed by atoms with van der Waals surface area (Å²) in [5, 5.41) is 11.5. The van der Waals surface area contributed by atoms with Crippen molar-refractivity contribution in [3.8, 4) is 0 Å². The second kappa shape index (κ2) is 8.84. The molecule has 4 nitrogen and oxygen atoms in total. The van der Waals surface area contributed by atoms with Crippen LogP contribution in [0.4, 0.5) is 0 Å². The number of hydrogen-bond donors (Lipinski definition) is 3. The first-order valence-electron chi connectivity index (χ1n) is 12.7. The van der Waals surface area contributed by atoms with E-state index in [9.17, 15) is 4.79 Å². The fourth-order valence-electron chi connectivity index (χ4n) is 8.80. The Morgan fingerprint density at radius 1 is 1.00 bits per heavy atom. The van der Waals surface area contributed by atoms with Gasteiger partial charge < -0.3 is 5.32 Å². The number of rotatable bonds is 6. The van der Waals surface area contributed by atoms with Crippen LogP contribution in [-0.4, -0.2) is 11.1 Å². The summed E-state index contributed by atoms with van der Waals surface area (Å²) >= 11 is 0. The minimum absolute atomic E-state index is 0.0611. The number of amides is 1. The quantitative estimate of drug-likeness (QED) is 0.454. The van der Waals surface area contributed by atoms with Crippen molar-refractivity contribution in [1.82, 2.24) is 10.8 Å². The zero-order valence-corrected chi connectivity index (χ0v) is 19.5. The number of carbonyl (C=O) groups is 1. The highest BCUT2D eigenvalue weighted by atomic mass is 16.5. The van der Waals surface area contributed by atoms with E-state index in [2.05, 4.69) is 19.2 Å². The molecular weight excluding hydrogens is 372 g/mol. The highest BCUT2D eigenvalue weighted by molar-refractivity contribution is 5.77. The predicted octanol–water partition coefficient (Wildman–Crippen LogP) is 6.16. The molecule has 30 heavy (non-hydrogen) atoms.